The molecule has 0 saturated heterocycles. The average Bonchev–Trinajstić information content (AvgIpc) is 3.23. The molecule has 0 fully saturated rings. The fraction of sp³-hybridized carbons (Fsp3) is 0.176. The Kier molecular flexibility index (Phi) is 4.24. The second-order valence-electron chi connectivity index (χ2n) is 5.12. The van der Waals surface area contributed by atoms with E-state index in [4.69, 9.17) is 9.47 Å². The third-order valence-corrected chi connectivity index (χ3v) is 3.66. The lowest BCUT2D eigenvalue weighted by atomic mass is 10.2. The third-order valence-electron chi connectivity index (χ3n) is 3.66. The molecule has 3 rings (SSSR count). The zero-order valence-electron chi connectivity index (χ0n) is 13.7. The van der Waals surface area contributed by atoms with Gasteiger partial charge in [0.25, 0.3) is 5.91 Å². The maximum atomic E-state index is 12.7. The lowest BCUT2D eigenvalue weighted by Crippen LogP contribution is -2.15. The molecule has 0 radical (unpaired) electrons. The van der Waals surface area contributed by atoms with E-state index in [0.29, 0.717) is 28.6 Å². The zero-order chi connectivity index (χ0) is 17.1. The number of carbonyl (C=O) groups excluding carboxylic acids is 1. The standard InChI is InChI=1S/C17H18N4O3/c1-20-17(21-8-4-5-9-21)13(11-18-20)16(22)19-14-10-12(23-2)6-7-15(14)24-3/h4-11H,1-3H3,(H,19,22). The van der Waals surface area contributed by atoms with E-state index in [-0.39, 0.29) is 5.91 Å². The largest absolute Gasteiger partial charge is 0.497 e. The molecule has 0 unspecified atom stereocenters. The molecule has 3 aromatic rings. The highest BCUT2D eigenvalue weighted by Crippen LogP contribution is 2.29. The van der Waals surface area contributed by atoms with Gasteiger partial charge in [0.05, 0.1) is 26.1 Å². The van der Waals surface area contributed by atoms with Gasteiger partial charge in [-0.2, -0.15) is 5.10 Å². The first-order valence-electron chi connectivity index (χ1n) is 7.32. The number of benzene rings is 1. The van der Waals surface area contributed by atoms with Gasteiger partial charge in [-0.3, -0.25) is 9.48 Å². The van der Waals surface area contributed by atoms with Crippen molar-refractivity contribution in [3.8, 4) is 17.3 Å². The molecule has 1 amide bonds. The fourth-order valence-electron chi connectivity index (χ4n) is 2.47. The third kappa shape index (κ3) is 2.83. The van der Waals surface area contributed by atoms with Crippen molar-refractivity contribution in [2.75, 3.05) is 19.5 Å². The molecule has 0 atom stereocenters. The van der Waals surface area contributed by atoms with Crippen molar-refractivity contribution in [1.29, 1.82) is 0 Å². The zero-order valence-corrected chi connectivity index (χ0v) is 13.7. The lowest BCUT2D eigenvalue weighted by Gasteiger charge is -2.12. The minimum Gasteiger partial charge on any atom is -0.497 e. The van der Waals surface area contributed by atoms with Gasteiger partial charge in [0, 0.05) is 25.5 Å². The van der Waals surface area contributed by atoms with Gasteiger partial charge in [0.1, 0.15) is 22.9 Å². The van der Waals surface area contributed by atoms with E-state index in [0.717, 1.165) is 0 Å². The minimum absolute atomic E-state index is 0.279. The van der Waals surface area contributed by atoms with E-state index in [1.807, 2.05) is 29.1 Å². The summed E-state index contributed by atoms with van der Waals surface area (Å²) in [5.41, 5.74) is 0.989. The van der Waals surface area contributed by atoms with Gasteiger partial charge in [0.15, 0.2) is 0 Å². The summed E-state index contributed by atoms with van der Waals surface area (Å²) in [6.07, 6.45) is 5.26. The van der Waals surface area contributed by atoms with Crippen molar-refractivity contribution in [2.24, 2.45) is 7.05 Å². The van der Waals surface area contributed by atoms with Crippen molar-refractivity contribution in [3.05, 3.63) is 54.5 Å². The Bertz CT molecular complexity index is 853. The van der Waals surface area contributed by atoms with E-state index in [1.165, 1.54) is 6.20 Å². The number of aromatic nitrogens is 3. The number of rotatable bonds is 5. The summed E-state index contributed by atoms with van der Waals surface area (Å²) in [4.78, 5) is 12.7. The molecule has 1 aromatic carbocycles. The normalized spacial score (nSPS) is 10.5. The second kappa shape index (κ2) is 6.49. The molecule has 0 saturated carbocycles. The molecule has 0 aliphatic rings. The number of amides is 1. The quantitative estimate of drug-likeness (QED) is 0.782. The van der Waals surface area contributed by atoms with Crippen LogP contribution in [0.4, 0.5) is 5.69 Å². The number of anilines is 1. The SMILES string of the molecule is COc1ccc(OC)c(NC(=O)c2cnn(C)c2-n2cccc2)c1. The van der Waals surface area contributed by atoms with E-state index in [1.54, 1.807) is 44.1 Å². The first-order chi connectivity index (χ1) is 11.6. The Hall–Kier alpha value is -3.22. The van der Waals surface area contributed by atoms with Crippen LogP contribution < -0.4 is 14.8 Å². The van der Waals surface area contributed by atoms with Crippen molar-refractivity contribution in [2.45, 2.75) is 0 Å². The molecule has 7 nitrogen and oxygen atoms in total. The number of aryl methyl sites for hydroxylation is 1. The number of nitrogens with one attached hydrogen (secondary N) is 1. The maximum Gasteiger partial charge on any atom is 0.261 e. The monoisotopic (exact) mass is 326 g/mol. The first kappa shape index (κ1) is 15.7. The lowest BCUT2D eigenvalue weighted by molar-refractivity contribution is 0.102. The highest BCUT2D eigenvalue weighted by Gasteiger charge is 2.19. The van der Waals surface area contributed by atoms with Crippen molar-refractivity contribution >= 4 is 11.6 Å². The number of ether oxygens (including phenoxy) is 2. The molecule has 124 valence electrons. The summed E-state index contributed by atoms with van der Waals surface area (Å²) in [5, 5.41) is 7.05. The van der Waals surface area contributed by atoms with Gasteiger partial charge in [-0.1, -0.05) is 0 Å². The van der Waals surface area contributed by atoms with E-state index >= 15 is 0 Å². The molecule has 0 bridgehead atoms. The maximum absolute atomic E-state index is 12.7. The van der Waals surface area contributed by atoms with E-state index in [9.17, 15) is 4.79 Å². The Morgan fingerprint density at radius 2 is 1.92 bits per heavy atom. The predicted molar refractivity (Wildman–Crippen MR) is 90.0 cm³/mol. The van der Waals surface area contributed by atoms with Gasteiger partial charge in [-0.15, -0.1) is 0 Å². The molecule has 2 aromatic heterocycles. The highest BCUT2D eigenvalue weighted by atomic mass is 16.5. The summed E-state index contributed by atoms with van der Waals surface area (Å²) in [6, 6.07) is 9.00. The molecule has 24 heavy (non-hydrogen) atoms. The number of carbonyl (C=O) groups is 1. The Morgan fingerprint density at radius 1 is 1.17 bits per heavy atom. The predicted octanol–water partition coefficient (Wildman–Crippen LogP) is 2.48. The van der Waals surface area contributed by atoms with Crippen LogP contribution in [0.2, 0.25) is 0 Å². The van der Waals surface area contributed by atoms with Gasteiger partial charge in [0.2, 0.25) is 0 Å². The van der Waals surface area contributed by atoms with Crippen LogP contribution in [0.3, 0.4) is 0 Å². The molecule has 1 N–H and O–H groups in total. The molecule has 0 aliphatic carbocycles. The number of hydrogen-bond acceptors (Lipinski definition) is 4. The highest BCUT2D eigenvalue weighted by molar-refractivity contribution is 6.07. The summed E-state index contributed by atoms with van der Waals surface area (Å²) >= 11 is 0. The van der Waals surface area contributed by atoms with Gasteiger partial charge in [-0.25, -0.2) is 0 Å². The summed E-state index contributed by atoms with van der Waals surface area (Å²) < 4.78 is 14.0. The minimum atomic E-state index is -0.279. The van der Waals surface area contributed by atoms with E-state index < -0.39 is 0 Å². The van der Waals surface area contributed by atoms with Crippen LogP contribution in [0.5, 0.6) is 11.5 Å². The average molecular weight is 326 g/mol. The molecule has 7 heteroatoms. The Morgan fingerprint density at radius 3 is 2.58 bits per heavy atom. The van der Waals surface area contributed by atoms with Crippen LogP contribution in [0.1, 0.15) is 10.4 Å². The molecule has 0 aliphatic heterocycles. The number of methoxy groups -OCH3 is 2. The molecular weight excluding hydrogens is 308 g/mol. The van der Waals surface area contributed by atoms with E-state index in [2.05, 4.69) is 10.4 Å². The summed E-state index contributed by atoms with van der Waals surface area (Å²) in [5.74, 6) is 1.58. The summed E-state index contributed by atoms with van der Waals surface area (Å²) in [7, 11) is 4.91. The topological polar surface area (TPSA) is 70.3 Å². The fourth-order valence-corrected chi connectivity index (χ4v) is 2.47. The van der Waals surface area contributed by atoms with Gasteiger partial charge >= 0.3 is 0 Å². The molecule has 0 spiro atoms. The van der Waals surface area contributed by atoms with Crippen LogP contribution in [0, 0.1) is 0 Å². The van der Waals surface area contributed by atoms with Gasteiger partial charge < -0.3 is 19.4 Å². The first-order valence-corrected chi connectivity index (χ1v) is 7.32. The van der Waals surface area contributed by atoms with Gasteiger partial charge in [-0.05, 0) is 24.3 Å². The molecular formula is C17H18N4O3. The smallest absolute Gasteiger partial charge is 0.261 e. The number of hydrogen-bond donors (Lipinski definition) is 1. The van der Waals surface area contributed by atoms with Crippen molar-refractivity contribution < 1.29 is 14.3 Å². The number of nitrogens with zero attached hydrogens (tertiary/aromatic N) is 3. The second-order valence-corrected chi connectivity index (χ2v) is 5.12. The van der Waals surface area contributed by atoms with Crippen LogP contribution in [0.25, 0.3) is 5.82 Å². The van der Waals surface area contributed by atoms with Crippen molar-refractivity contribution in [3.63, 3.8) is 0 Å². The molecule has 2 heterocycles. The Labute approximate surface area is 139 Å². The van der Waals surface area contributed by atoms with Crippen molar-refractivity contribution in [1.82, 2.24) is 14.3 Å². The van der Waals surface area contributed by atoms with Crippen LogP contribution >= 0.6 is 0 Å². The van der Waals surface area contributed by atoms with Crippen LogP contribution in [0.15, 0.2) is 48.9 Å². The Balaban J connectivity index is 1.95. The van der Waals surface area contributed by atoms with Crippen LogP contribution in [-0.2, 0) is 7.05 Å². The van der Waals surface area contributed by atoms with Crippen LogP contribution in [-0.4, -0.2) is 34.5 Å². The summed E-state index contributed by atoms with van der Waals surface area (Å²) in [6.45, 7) is 0.